The molecule has 23 heavy (non-hydrogen) atoms. The summed E-state index contributed by atoms with van der Waals surface area (Å²) in [5.41, 5.74) is -0.0500. The maximum absolute atomic E-state index is 12.4. The first-order chi connectivity index (χ1) is 11.1. The highest BCUT2D eigenvalue weighted by atomic mass is 16.5. The van der Waals surface area contributed by atoms with Gasteiger partial charge in [-0.15, -0.1) is 0 Å². The van der Waals surface area contributed by atoms with Gasteiger partial charge in [0.1, 0.15) is 0 Å². The number of hydrogen-bond acceptors (Lipinski definition) is 5. The Morgan fingerprint density at radius 3 is 2.87 bits per heavy atom. The molecule has 0 aliphatic heterocycles. The zero-order valence-electron chi connectivity index (χ0n) is 12.7. The van der Waals surface area contributed by atoms with Crippen molar-refractivity contribution in [3.63, 3.8) is 0 Å². The number of fused-ring (bicyclic) bond motifs is 1. The third-order valence-corrected chi connectivity index (χ3v) is 4.23. The number of para-hydroxylation sites is 1. The molecular formula is C16H17N3O4. The number of carbonyl (C=O) groups is 2. The van der Waals surface area contributed by atoms with Gasteiger partial charge >= 0.3 is 5.97 Å². The Hall–Kier alpha value is -2.70. The van der Waals surface area contributed by atoms with Crippen molar-refractivity contribution in [1.82, 2.24) is 15.5 Å². The Morgan fingerprint density at radius 2 is 2.09 bits per heavy atom. The number of nitrogens with one attached hydrogen (secondary N) is 2. The monoisotopic (exact) mass is 315 g/mol. The summed E-state index contributed by atoms with van der Waals surface area (Å²) in [6, 6.07) is 6.53. The van der Waals surface area contributed by atoms with Crippen molar-refractivity contribution in [2.45, 2.75) is 25.3 Å². The molecule has 7 heteroatoms. The van der Waals surface area contributed by atoms with Crippen molar-refractivity contribution in [2.24, 2.45) is 5.92 Å². The molecule has 2 aromatic rings. The van der Waals surface area contributed by atoms with Crippen LogP contribution in [0, 0.1) is 5.92 Å². The fourth-order valence-electron chi connectivity index (χ4n) is 3.03. The number of carbonyl (C=O) groups excluding carboxylic acids is 2. The molecule has 2 N–H and O–H groups in total. The lowest BCUT2D eigenvalue weighted by Crippen LogP contribution is -2.42. The molecule has 7 nitrogen and oxygen atoms in total. The summed E-state index contributed by atoms with van der Waals surface area (Å²) in [6.45, 7) is 0. The summed E-state index contributed by atoms with van der Waals surface area (Å²) in [5.74, 6) is -1.28. The van der Waals surface area contributed by atoms with Crippen molar-refractivity contribution in [3.05, 3.63) is 40.2 Å². The van der Waals surface area contributed by atoms with E-state index in [9.17, 15) is 14.4 Å². The van der Waals surface area contributed by atoms with Crippen molar-refractivity contribution in [3.8, 4) is 0 Å². The van der Waals surface area contributed by atoms with Gasteiger partial charge in [0.05, 0.1) is 18.5 Å². The van der Waals surface area contributed by atoms with E-state index in [0.29, 0.717) is 23.7 Å². The average Bonchev–Trinajstić information content (AvgIpc) is 3.02. The summed E-state index contributed by atoms with van der Waals surface area (Å²) < 4.78 is 4.76. The molecule has 0 spiro atoms. The van der Waals surface area contributed by atoms with Gasteiger partial charge in [0.2, 0.25) is 5.43 Å². The Balaban J connectivity index is 1.85. The van der Waals surface area contributed by atoms with Gasteiger partial charge in [-0.1, -0.05) is 18.6 Å². The van der Waals surface area contributed by atoms with E-state index in [4.69, 9.17) is 4.74 Å². The molecular weight excluding hydrogens is 298 g/mol. The van der Waals surface area contributed by atoms with Gasteiger partial charge in [-0.2, -0.15) is 5.10 Å². The molecule has 1 aliphatic rings. The van der Waals surface area contributed by atoms with Gasteiger partial charge in [0, 0.05) is 11.4 Å². The molecule has 0 unspecified atom stereocenters. The van der Waals surface area contributed by atoms with E-state index in [1.807, 2.05) is 0 Å². The van der Waals surface area contributed by atoms with E-state index in [0.717, 1.165) is 6.42 Å². The van der Waals surface area contributed by atoms with E-state index in [2.05, 4.69) is 15.5 Å². The number of esters is 1. The summed E-state index contributed by atoms with van der Waals surface area (Å²) in [7, 11) is 1.33. The highest BCUT2D eigenvalue weighted by molar-refractivity contribution is 5.95. The molecule has 3 rings (SSSR count). The molecule has 0 saturated heterocycles. The highest BCUT2D eigenvalue weighted by Crippen LogP contribution is 2.26. The van der Waals surface area contributed by atoms with E-state index in [1.54, 1.807) is 24.3 Å². The third kappa shape index (κ3) is 2.81. The molecule has 1 aliphatic carbocycles. The number of aromatic nitrogens is 2. The average molecular weight is 315 g/mol. The number of hydrogen-bond donors (Lipinski definition) is 2. The third-order valence-electron chi connectivity index (χ3n) is 4.23. The van der Waals surface area contributed by atoms with E-state index < -0.39 is 11.3 Å². The maximum atomic E-state index is 12.4. The van der Waals surface area contributed by atoms with E-state index >= 15 is 0 Å². The summed E-state index contributed by atoms with van der Waals surface area (Å²) in [6.07, 6.45) is 2.17. The lowest BCUT2D eigenvalue weighted by atomic mass is 10.0. The number of H-pyrrole nitrogens is 1. The minimum absolute atomic E-state index is 0.195. The van der Waals surface area contributed by atoms with Gasteiger partial charge in [0.25, 0.3) is 5.91 Å². The van der Waals surface area contributed by atoms with Crippen LogP contribution in [0.25, 0.3) is 10.9 Å². The normalized spacial score (nSPS) is 20.4. The first kappa shape index (κ1) is 15.2. The molecule has 0 bridgehead atoms. The first-order valence-electron chi connectivity index (χ1n) is 7.48. The van der Waals surface area contributed by atoms with Crippen molar-refractivity contribution < 1.29 is 14.3 Å². The standard InChI is InChI=1S/C16H17N3O4/c1-23-16(22)10-6-4-8-11(10)17-15(21)13-14(20)9-5-2-3-7-12(9)18-19-13/h2-3,5,7,10-11H,4,6,8H2,1H3,(H,17,21)(H,18,20)/t10-,11-/m1/s1. The SMILES string of the molecule is COC(=O)[C@@H]1CCC[C@H]1NC(=O)c1n[nH]c2ccccc2c1=O. The first-order valence-corrected chi connectivity index (χ1v) is 7.48. The van der Waals surface area contributed by atoms with Crippen molar-refractivity contribution in [1.29, 1.82) is 0 Å². The Kier molecular flexibility index (Phi) is 4.10. The summed E-state index contributed by atoms with van der Waals surface area (Å²) in [4.78, 5) is 36.5. The topological polar surface area (TPSA) is 101 Å². The fraction of sp³-hybridized carbons (Fsp3) is 0.375. The van der Waals surface area contributed by atoms with Gasteiger partial charge < -0.3 is 10.1 Å². The Bertz CT molecular complexity index is 814. The van der Waals surface area contributed by atoms with Crippen LogP contribution in [0.3, 0.4) is 0 Å². The number of aromatic amines is 1. The number of rotatable bonds is 3. The van der Waals surface area contributed by atoms with Gasteiger partial charge in [-0.05, 0) is 25.0 Å². The van der Waals surface area contributed by atoms with E-state index in [-0.39, 0.29) is 23.6 Å². The molecule has 1 aromatic carbocycles. The fourth-order valence-corrected chi connectivity index (χ4v) is 3.03. The quantitative estimate of drug-likeness (QED) is 0.823. The minimum Gasteiger partial charge on any atom is -0.469 e. The molecule has 1 aromatic heterocycles. The van der Waals surface area contributed by atoms with Gasteiger partial charge in [-0.3, -0.25) is 19.5 Å². The largest absolute Gasteiger partial charge is 0.469 e. The lowest BCUT2D eigenvalue weighted by Gasteiger charge is -2.18. The second kappa shape index (κ2) is 6.20. The number of benzene rings is 1. The molecule has 2 atom stereocenters. The number of nitrogens with zero attached hydrogens (tertiary/aromatic N) is 1. The number of amides is 1. The van der Waals surface area contributed by atoms with Crippen LogP contribution in [0.1, 0.15) is 29.8 Å². The van der Waals surface area contributed by atoms with Crippen LogP contribution < -0.4 is 10.7 Å². The molecule has 1 fully saturated rings. The summed E-state index contributed by atoms with van der Waals surface area (Å²) in [5, 5.41) is 9.73. The predicted octanol–water partition coefficient (Wildman–Crippen LogP) is 0.995. The van der Waals surface area contributed by atoms with Gasteiger partial charge in [-0.25, -0.2) is 0 Å². The van der Waals surface area contributed by atoms with E-state index in [1.165, 1.54) is 7.11 Å². The zero-order valence-corrected chi connectivity index (χ0v) is 12.7. The van der Waals surface area contributed by atoms with Crippen LogP contribution in [0.2, 0.25) is 0 Å². The zero-order chi connectivity index (χ0) is 16.4. The molecule has 0 radical (unpaired) electrons. The molecule has 1 heterocycles. The van der Waals surface area contributed by atoms with Crippen molar-refractivity contribution >= 4 is 22.8 Å². The Labute approximate surface area is 132 Å². The van der Waals surface area contributed by atoms with Crippen LogP contribution in [0.5, 0.6) is 0 Å². The van der Waals surface area contributed by atoms with Crippen LogP contribution in [0.15, 0.2) is 29.1 Å². The van der Waals surface area contributed by atoms with Gasteiger partial charge in [0.15, 0.2) is 5.69 Å². The molecule has 120 valence electrons. The second-order valence-electron chi connectivity index (χ2n) is 5.59. The lowest BCUT2D eigenvalue weighted by molar-refractivity contribution is -0.145. The minimum atomic E-state index is -0.571. The van der Waals surface area contributed by atoms with Crippen LogP contribution in [-0.4, -0.2) is 35.2 Å². The van der Waals surface area contributed by atoms with Crippen LogP contribution in [-0.2, 0) is 9.53 Å². The van der Waals surface area contributed by atoms with Crippen molar-refractivity contribution in [2.75, 3.05) is 7.11 Å². The number of methoxy groups -OCH3 is 1. The summed E-state index contributed by atoms with van der Waals surface area (Å²) >= 11 is 0. The maximum Gasteiger partial charge on any atom is 0.310 e. The predicted molar refractivity (Wildman–Crippen MR) is 83.0 cm³/mol. The Morgan fingerprint density at radius 1 is 1.30 bits per heavy atom. The smallest absolute Gasteiger partial charge is 0.310 e. The second-order valence-corrected chi connectivity index (χ2v) is 5.59. The van der Waals surface area contributed by atoms with Crippen LogP contribution in [0.4, 0.5) is 0 Å². The number of ether oxygens (including phenoxy) is 1. The van der Waals surface area contributed by atoms with Crippen LogP contribution >= 0.6 is 0 Å². The highest BCUT2D eigenvalue weighted by Gasteiger charge is 2.35. The molecule has 1 amide bonds. The molecule has 1 saturated carbocycles.